The highest BCUT2D eigenvalue weighted by molar-refractivity contribution is 4.55. The molecular weight excluding hydrogens is 288 g/mol. The molecule has 0 saturated carbocycles. The second-order valence-electron chi connectivity index (χ2n) is 6.84. The van der Waals surface area contributed by atoms with Gasteiger partial charge in [0, 0.05) is 0 Å². The molecule has 0 bridgehead atoms. The van der Waals surface area contributed by atoms with E-state index in [1.807, 2.05) is 0 Å². The average Bonchev–Trinajstić information content (AvgIpc) is 2.55. The van der Waals surface area contributed by atoms with Crippen LogP contribution in [0.5, 0.6) is 0 Å². The summed E-state index contributed by atoms with van der Waals surface area (Å²) in [6.45, 7) is 3.00. The molecule has 0 spiro atoms. The standard InChI is InChI=1S/C20H42O3/c1-2-3-4-5-6-7-8-9-10-11-12-13-14-15-16-20(22)19-23-18-17-21/h20-22H,2-19H2,1H3. The first-order chi connectivity index (χ1) is 11.3. The summed E-state index contributed by atoms with van der Waals surface area (Å²) in [6, 6.07) is 0. The molecule has 140 valence electrons. The molecule has 0 aliphatic carbocycles. The number of rotatable bonds is 19. The topological polar surface area (TPSA) is 49.7 Å². The Balaban J connectivity index is 3.05. The fourth-order valence-electron chi connectivity index (χ4n) is 2.94. The van der Waals surface area contributed by atoms with Gasteiger partial charge in [0.15, 0.2) is 0 Å². The van der Waals surface area contributed by atoms with E-state index in [4.69, 9.17) is 9.84 Å². The highest BCUT2D eigenvalue weighted by Crippen LogP contribution is 2.13. The molecule has 1 unspecified atom stereocenters. The molecule has 0 heterocycles. The first kappa shape index (κ1) is 22.9. The predicted molar refractivity (Wildman–Crippen MR) is 98.8 cm³/mol. The smallest absolute Gasteiger partial charge is 0.0773 e. The van der Waals surface area contributed by atoms with Crippen molar-refractivity contribution in [1.82, 2.24) is 0 Å². The first-order valence-electron chi connectivity index (χ1n) is 10.2. The minimum atomic E-state index is -0.362. The van der Waals surface area contributed by atoms with Gasteiger partial charge >= 0.3 is 0 Å². The Morgan fingerprint density at radius 1 is 0.696 bits per heavy atom. The van der Waals surface area contributed by atoms with Crippen molar-refractivity contribution in [2.45, 2.75) is 109 Å². The molecule has 0 radical (unpaired) electrons. The minimum Gasteiger partial charge on any atom is -0.394 e. The van der Waals surface area contributed by atoms with Crippen LogP contribution in [0.25, 0.3) is 0 Å². The van der Waals surface area contributed by atoms with Gasteiger partial charge in [-0.1, -0.05) is 96.8 Å². The van der Waals surface area contributed by atoms with Gasteiger partial charge in [0.2, 0.25) is 0 Å². The molecule has 1 atom stereocenters. The Kier molecular flexibility index (Phi) is 19.8. The van der Waals surface area contributed by atoms with E-state index in [9.17, 15) is 5.11 Å². The van der Waals surface area contributed by atoms with Crippen molar-refractivity contribution in [2.24, 2.45) is 0 Å². The van der Waals surface area contributed by atoms with Crippen molar-refractivity contribution < 1.29 is 14.9 Å². The van der Waals surface area contributed by atoms with E-state index in [1.54, 1.807) is 0 Å². The van der Waals surface area contributed by atoms with Crippen LogP contribution in [0.2, 0.25) is 0 Å². The molecule has 0 amide bonds. The largest absolute Gasteiger partial charge is 0.394 e. The van der Waals surface area contributed by atoms with Crippen molar-refractivity contribution in [3.63, 3.8) is 0 Å². The summed E-state index contributed by atoms with van der Waals surface area (Å²) in [5, 5.41) is 18.2. The molecule has 0 aliphatic heterocycles. The van der Waals surface area contributed by atoms with Crippen LogP contribution in [0.4, 0.5) is 0 Å². The monoisotopic (exact) mass is 330 g/mol. The van der Waals surface area contributed by atoms with Gasteiger partial charge in [0.25, 0.3) is 0 Å². The maximum absolute atomic E-state index is 9.66. The first-order valence-corrected chi connectivity index (χ1v) is 10.2. The van der Waals surface area contributed by atoms with E-state index in [0.29, 0.717) is 13.2 Å². The number of hydrogen-bond acceptors (Lipinski definition) is 3. The predicted octanol–water partition coefficient (Wildman–Crippen LogP) is 5.23. The van der Waals surface area contributed by atoms with Gasteiger partial charge in [-0.3, -0.25) is 0 Å². The molecule has 0 saturated heterocycles. The Bertz CT molecular complexity index is 209. The van der Waals surface area contributed by atoms with Crippen molar-refractivity contribution in [3.8, 4) is 0 Å². The van der Waals surface area contributed by atoms with Crippen molar-refractivity contribution in [3.05, 3.63) is 0 Å². The third-order valence-electron chi connectivity index (χ3n) is 4.44. The lowest BCUT2D eigenvalue weighted by Gasteiger charge is -2.10. The van der Waals surface area contributed by atoms with Gasteiger partial charge in [-0.15, -0.1) is 0 Å². The molecule has 0 aliphatic rings. The van der Waals surface area contributed by atoms with Crippen molar-refractivity contribution in [2.75, 3.05) is 19.8 Å². The summed E-state index contributed by atoms with van der Waals surface area (Å²) in [4.78, 5) is 0. The quantitative estimate of drug-likeness (QED) is 0.319. The molecule has 0 fully saturated rings. The maximum Gasteiger partial charge on any atom is 0.0773 e. The fourth-order valence-corrected chi connectivity index (χ4v) is 2.94. The highest BCUT2D eigenvalue weighted by atomic mass is 16.5. The fraction of sp³-hybridized carbons (Fsp3) is 1.00. The summed E-state index contributed by atoms with van der Waals surface area (Å²) in [6.07, 6.45) is 19.5. The van der Waals surface area contributed by atoms with Crippen LogP contribution in [0, 0.1) is 0 Å². The van der Waals surface area contributed by atoms with E-state index >= 15 is 0 Å². The van der Waals surface area contributed by atoms with Crippen molar-refractivity contribution >= 4 is 0 Å². The van der Waals surface area contributed by atoms with Gasteiger partial charge in [-0.2, -0.15) is 0 Å². The molecular formula is C20H42O3. The second kappa shape index (κ2) is 19.9. The van der Waals surface area contributed by atoms with E-state index in [-0.39, 0.29) is 12.7 Å². The van der Waals surface area contributed by atoms with Crippen LogP contribution in [-0.2, 0) is 4.74 Å². The number of hydrogen-bond donors (Lipinski definition) is 2. The Hall–Kier alpha value is -0.120. The number of ether oxygens (including phenoxy) is 1. The lowest BCUT2D eigenvalue weighted by molar-refractivity contribution is 0.0170. The summed E-state index contributed by atoms with van der Waals surface area (Å²) in [5.41, 5.74) is 0. The summed E-state index contributed by atoms with van der Waals surface area (Å²) in [7, 11) is 0. The normalized spacial score (nSPS) is 12.7. The van der Waals surface area contributed by atoms with Crippen LogP contribution in [-0.4, -0.2) is 36.1 Å². The summed E-state index contributed by atoms with van der Waals surface area (Å²) in [5.74, 6) is 0. The van der Waals surface area contributed by atoms with Gasteiger partial charge < -0.3 is 14.9 Å². The summed E-state index contributed by atoms with van der Waals surface area (Å²) < 4.78 is 5.11. The number of aliphatic hydroxyl groups excluding tert-OH is 2. The van der Waals surface area contributed by atoms with Gasteiger partial charge in [-0.25, -0.2) is 0 Å². The highest BCUT2D eigenvalue weighted by Gasteiger charge is 2.03. The number of aliphatic hydroxyl groups is 2. The van der Waals surface area contributed by atoms with E-state index in [0.717, 1.165) is 12.8 Å². The Labute approximate surface area is 144 Å². The molecule has 2 N–H and O–H groups in total. The molecule has 3 heteroatoms. The van der Waals surface area contributed by atoms with Gasteiger partial charge in [0.05, 0.1) is 25.9 Å². The third kappa shape index (κ3) is 19.8. The minimum absolute atomic E-state index is 0.0333. The number of unbranched alkanes of at least 4 members (excludes halogenated alkanes) is 13. The van der Waals surface area contributed by atoms with E-state index in [1.165, 1.54) is 83.5 Å². The second-order valence-corrected chi connectivity index (χ2v) is 6.84. The zero-order valence-electron chi connectivity index (χ0n) is 15.6. The van der Waals surface area contributed by atoms with Crippen LogP contribution in [0.3, 0.4) is 0 Å². The Morgan fingerprint density at radius 2 is 1.13 bits per heavy atom. The molecule has 0 aromatic rings. The molecule has 0 aromatic carbocycles. The summed E-state index contributed by atoms with van der Waals surface area (Å²) >= 11 is 0. The van der Waals surface area contributed by atoms with Gasteiger partial charge in [-0.05, 0) is 6.42 Å². The molecule has 0 rings (SSSR count). The van der Waals surface area contributed by atoms with Crippen LogP contribution in [0.1, 0.15) is 103 Å². The molecule has 23 heavy (non-hydrogen) atoms. The average molecular weight is 331 g/mol. The molecule has 0 aromatic heterocycles. The van der Waals surface area contributed by atoms with E-state index < -0.39 is 0 Å². The third-order valence-corrected chi connectivity index (χ3v) is 4.44. The van der Waals surface area contributed by atoms with Crippen LogP contribution < -0.4 is 0 Å². The van der Waals surface area contributed by atoms with Gasteiger partial charge in [0.1, 0.15) is 0 Å². The lowest BCUT2D eigenvalue weighted by Crippen LogP contribution is -2.16. The van der Waals surface area contributed by atoms with Crippen molar-refractivity contribution in [1.29, 1.82) is 0 Å². The zero-order valence-corrected chi connectivity index (χ0v) is 15.6. The Morgan fingerprint density at radius 3 is 1.57 bits per heavy atom. The van der Waals surface area contributed by atoms with Crippen LogP contribution >= 0.6 is 0 Å². The zero-order chi connectivity index (χ0) is 17.0. The lowest BCUT2D eigenvalue weighted by atomic mass is 10.0. The van der Waals surface area contributed by atoms with E-state index in [2.05, 4.69) is 6.92 Å². The molecule has 3 nitrogen and oxygen atoms in total. The maximum atomic E-state index is 9.66. The SMILES string of the molecule is CCCCCCCCCCCCCCCCC(O)COCCO. The van der Waals surface area contributed by atoms with Crippen LogP contribution in [0.15, 0.2) is 0 Å².